The van der Waals surface area contributed by atoms with Crippen molar-refractivity contribution in [1.29, 1.82) is 0 Å². The fourth-order valence-corrected chi connectivity index (χ4v) is 1.59. The first-order valence-corrected chi connectivity index (χ1v) is 5.66. The van der Waals surface area contributed by atoms with E-state index < -0.39 is 5.97 Å². The van der Waals surface area contributed by atoms with Crippen molar-refractivity contribution in [2.45, 2.75) is 13.1 Å². The maximum absolute atomic E-state index is 11.8. The van der Waals surface area contributed by atoms with Crippen LogP contribution in [0.5, 0.6) is 0 Å². The normalized spacial score (nSPS) is 10.3. The zero-order chi connectivity index (χ0) is 13.7. The van der Waals surface area contributed by atoms with Gasteiger partial charge in [0.05, 0.1) is 6.54 Å². The van der Waals surface area contributed by atoms with Gasteiger partial charge in [-0.1, -0.05) is 0 Å². The summed E-state index contributed by atoms with van der Waals surface area (Å²) < 4.78 is 2.83. The van der Waals surface area contributed by atoms with Crippen LogP contribution in [0.4, 0.5) is 0 Å². The first-order chi connectivity index (χ1) is 9.16. The van der Waals surface area contributed by atoms with Gasteiger partial charge in [0.1, 0.15) is 12.2 Å². The molecule has 2 rings (SSSR count). The van der Waals surface area contributed by atoms with Crippen molar-refractivity contribution in [3.63, 3.8) is 0 Å². The van der Waals surface area contributed by atoms with E-state index in [1.54, 1.807) is 23.1 Å². The van der Waals surface area contributed by atoms with Gasteiger partial charge in [-0.2, -0.15) is 10.2 Å². The second-order valence-corrected chi connectivity index (χ2v) is 3.79. The third-order valence-electron chi connectivity index (χ3n) is 2.42. The lowest BCUT2D eigenvalue weighted by molar-refractivity contribution is -0.137. The molecule has 0 saturated carbocycles. The number of nitrogens with one attached hydrogen (secondary N) is 1. The molecule has 2 heterocycles. The third-order valence-corrected chi connectivity index (χ3v) is 2.42. The monoisotopic (exact) mass is 263 g/mol. The zero-order valence-electron chi connectivity index (χ0n) is 10.1. The summed E-state index contributed by atoms with van der Waals surface area (Å²) in [6.45, 7) is 0.611. The molecule has 19 heavy (non-hydrogen) atoms. The number of hydrogen-bond acceptors (Lipinski definition) is 4. The Morgan fingerprint density at radius 3 is 2.84 bits per heavy atom. The minimum absolute atomic E-state index is 0.225. The van der Waals surface area contributed by atoms with Gasteiger partial charge in [-0.3, -0.25) is 14.3 Å². The summed E-state index contributed by atoms with van der Waals surface area (Å²) in [4.78, 5) is 22.4. The van der Waals surface area contributed by atoms with E-state index in [-0.39, 0.29) is 18.1 Å². The molecule has 0 spiro atoms. The second-order valence-electron chi connectivity index (χ2n) is 3.79. The number of nitrogens with zero attached hydrogens (tertiary/aromatic N) is 4. The number of aliphatic carboxylic acids is 1. The van der Waals surface area contributed by atoms with Crippen molar-refractivity contribution in [2.75, 3.05) is 6.54 Å². The van der Waals surface area contributed by atoms with Gasteiger partial charge in [-0.25, -0.2) is 4.68 Å². The quantitative estimate of drug-likeness (QED) is 0.738. The fourth-order valence-electron chi connectivity index (χ4n) is 1.59. The zero-order valence-corrected chi connectivity index (χ0v) is 10.1. The van der Waals surface area contributed by atoms with E-state index in [9.17, 15) is 9.59 Å². The Kier molecular flexibility index (Phi) is 3.91. The van der Waals surface area contributed by atoms with Gasteiger partial charge in [0.25, 0.3) is 5.91 Å². The predicted molar refractivity (Wildman–Crippen MR) is 64.4 cm³/mol. The summed E-state index contributed by atoms with van der Waals surface area (Å²) in [5.41, 5.74) is 0.225. The van der Waals surface area contributed by atoms with Gasteiger partial charge >= 0.3 is 5.97 Å². The number of amides is 1. The number of aromatic nitrogens is 4. The van der Waals surface area contributed by atoms with E-state index in [0.29, 0.717) is 13.1 Å². The van der Waals surface area contributed by atoms with Crippen LogP contribution >= 0.6 is 0 Å². The van der Waals surface area contributed by atoms with Crippen molar-refractivity contribution < 1.29 is 14.7 Å². The van der Waals surface area contributed by atoms with Gasteiger partial charge < -0.3 is 10.4 Å². The Hall–Kier alpha value is -2.64. The molecule has 8 heteroatoms. The number of carbonyl (C=O) groups excluding carboxylic acids is 1. The summed E-state index contributed by atoms with van der Waals surface area (Å²) in [5, 5.41) is 19.2. The lowest BCUT2D eigenvalue weighted by Crippen LogP contribution is -2.30. The SMILES string of the molecule is O=C(O)Cn1nccc1C(=O)NCCn1cccn1. The Bertz CT molecular complexity index is 561. The maximum Gasteiger partial charge on any atom is 0.325 e. The highest BCUT2D eigenvalue weighted by Gasteiger charge is 2.13. The molecular weight excluding hydrogens is 250 g/mol. The van der Waals surface area contributed by atoms with E-state index in [1.165, 1.54) is 12.3 Å². The lowest BCUT2D eigenvalue weighted by Gasteiger charge is -2.06. The van der Waals surface area contributed by atoms with Gasteiger partial charge in [-0.15, -0.1) is 0 Å². The van der Waals surface area contributed by atoms with E-state index in [0.717, 1.165) is 4.68 Å². The molecule has 8 nitrogen and oxygen atoms in total. The van der Waals surface area contributed by atoms with Crippen LogP contribution in [-0.4, -0.2) is 43.1 Å². The van der Waals surface area contributed by atoms with Crippen molar-refractivity contribution in [2.24, 2.45) is 0 Å². The van der Waals surface area contributed by atoms with E-state index >= 15 is 0 Å². The maximum atomic E-state index is 11.8. The largest absolute Gasteiger partial charge is 0.480 e. The van der Waals surface area contributed by atoms with E-state index in [4.69, 9.17) is 5.11 Å². The first kappa shape index (κ1) is 12.8. The van der Waals surface area contributed by atoms with Gasteiger partial charge in [0, 0.05) is 25.1 Å². The molecule has 0 bridgehead atoms. The van der Waals surface area contributed by atoms with Crippen molar-refractivity contribution in [1.82, 2.24) is 24.9 Å². The molecule has 0 aromatic carbocycles. The topological polar surface area (TPSA) is 102 Å². The molecule has 2 aromatic heterocycles. The lowest BCUT2D eigenvalue weighted by atomic mass is 10.4. The average molecular weight is 263 g/mol. The van der Waals surface area contributed by atoms with Crippen molar-refractivity contribution >= 4 is 11.9 Å². The molecule has 2 N–H and O–H groups in total. The van der Waals surface area contributed by atoms with Gasteiger partial charge in [0.15, 0.2) is 0 Å². The Balaban J connectivity index is 1.89. The molecule has 0 atom stereocenters. The van der Waals surface area contributed by atoms with Crippen LogP contribution < -0.4 is 5.32 Å². The summed E-state index contributed by atoms with van der Waals surface area (Å²) in [6.07, 6.45) is 4.84. The molecule has 0 aliphatic carbocycles. The van der Waals surface area contributed by atoms with Crippen molar-refractivity contribution in [3.8, 4) is 0 Å². The van der Waals surface area contributed by atoms with Crippen LogP contribution in [0.3, 0.4) is 0 Å². The van der Waals surface area contributed by atoms with E-state index in [2.05, 4.69) is 15.5 Å². The third kappa shape index (κ3) is 3.41. The molecule has 2 aromatic rings. The molecule has 0 aliphatic rings. The highest BCUT2D eigenvalue weighted by Crippen LogP contribution is 1.98. The minimum atomic E-state index is -1.05. The Labute approximate surface area is 108 Å². The summed E-state index contributed by atoms with van der Waals surface area (Å²) in [6, 6.07) is 3.27. The summed E-state index contributed by atoms with van der Waals surface area (Å²) in [7, 11) is 0. The molecule has 0 radical (unpaired) electrons. The van der Waals surface area contributed by atoms with Crippen LogP contribution in [0.1, 0.15) is 10.5 Å². The molecule has 0 fully saturated rings. The van der Waals surface area contributed by atoms with E-state index in [1.807, 2.05) is 0 Å². The van der Waals surface area contributed by atoms with Crippen LogP contribution in [0.25, 0.3) is 0 Å². The number of carboxylic acid groups (broad SMARTS) is 1. The highest BCUT2D eigenvalue weighted by atomic mass is 16.4. The number of hydrogen-bond donors (Lipinski definition) is 2. The highest BCUT2D eigenvalue weighted by molar-refractivity contribution is 5.92. The van der Waals surface area contributed by atoms with Gasteiger partial charge in [0.2, 0.25) is 0 Å². The molecule has 1 amide bonds. The Morgan fingerprint density at radius 1 is 1.32 bits per heavy atom. The number of carboxylic acids is 1. The average Bonchev–Trinajstić information content (AvgIpc) is 2.99. The molecule has 100 valence electrons. The van der Waals surface area contributed by atoms with Gasteiger partial charge in [-0.05, 0) is 12.1 Å². The van der Waals surface area contributed by atoms with Crippen molar-refractivity contribution in [3.05, 3.63) is 36.4 Å². The molecule has 0 saturated heterocycles. The number of rotatable bonds is 6. The molecular formula is C11H13N5O3. The molecule has 0 unspecified atom stereocenters. The van der Waals surface area contributed by atoms with Crippen LogP contribution in [-0.2, 0) is 17.9 Å². The molecule has 0 aliphatic heterocycles. The first-order valence-electron chi connectivity index (χ1n) is 5.66. The van der Waals surface area contributed by atoms with Crippen LogP contribution in [0.15, 0.2) is 30.7 Å². The standard InChI is InChI=1S/C11H13N5O3/c17-10(18)8-16-9(2-4-14-16)11(19)12-5-7-15-6-1-3-13-15/h1-4,6H,5,7-8H2,(H,12,19)(H,17,18). The predicted octanol–water partition coefficient (Wildman–Crippen LogP) is -0.406. The summed E-state index contributed by atoms with van der Waals surface area (Å²) in [5.74, 6) is -1.40. The smallest absolute Gasteiger partial charge is 0.325 e. The second kappa shape index (κ2) is 5.80. The number of carbonyl (C=O) groups is 2. The minimum Gasteiger partial charge on any atom is -0.480 e. The van der Waals surface area contributed by atoms with Crippen LogP contribution in [0, 0.1) is 0 Å². The fraction of sp³-hybridized carbons (Fsp3) is 0.273. The van der Waals surface area contributed by atoms with Crippen LogP contribution in [0.2, 0.25) is 0 Å². The Morgan fingerprint density at radius 2 is 2.16 bits per heavy atom. The summed E-state index contributed by atoms with van der Waals surface area (Å²) >= 11 is 0.